The third-order valence-corrected chi connectivity index (χ3v) is 3.08. The first-order chi connectivity index (χ1) is 9.47. The third-order valence-electron chi connectivity index (χ3n) is 2.85. The first-order valence-electron chi connectivity index (χ1n) is 5.90. The maximum Gasteiger partial charge on any atom is 0.295 e. The molecule has 20 heavy (non-hydrogen) atoms. The van der Waals surface area contributed by atoms with E-state index in [1.165, 1.54) is 6.07 Å². The standard InChI is InChI=1S/C14H12ClFN2O2/c1-9-5-13(14(18(19)20)7-12(9)16)17-8-10-3-2-4-11(15)6-10/h2-7,17H,8H2,1H3. The maximum absolute atomic E-state index is 13.4. The van der Waals surface area contributed by atoms with Crippen molar-refractivity contribution in [3.63, 3.8) is 0 Å². The van der Waals surface area contributed by atoms with Gasteiger partial charge in [0.1, 0.15) is 11.5 Å². The summed E-state index contributed by atoms with van der Waals surface area (Å²) in [5.41, 5.74) is 1.24. The quantitative estimate of drug-likeness (QED) is 0.675. The fourth-order valence-electron chi connectivity index (χ4n) is 1.81. The SMILES string of the molecule is Cc1cc(NCc2cccc(Cl)c2)c([N+](=O)[O-])cc1F. The zero-order chi connectivity index (χ0) is 14.7. The van der Waals surface area contributed by atoms with Crippen LogP contribution in [0.5, 0.6) is 0 Å². The number of halogens is 2. The number of benzene rings is 2. The molecule has 0 aromatic heterocycles. The van der Waals surface area contributed by atoms with Gasteiger partial charge in [0.2, 0.25) is 0 Å². The molecule has 2 aromatic rings. The van der Waals surface area contributed by atoms with Crippen molar-refractivity contribution < 1.29 is 9.31 Å². The summed E-state index contributed by atoms with van der Waals surface area (Å²) in [6.07, 6.45) is 0. The Kier molecular flexibility index (Phi) is 4.20. The largest absolute Gasteiger partial charge is 0.375 e. The number of nitrogens with one attached hydrogen (secondary N) is 1. The van der Waals surface area contributed by atoms with Gasteiger partial charge in [0, 0.05) is 11.6 Å². The number of anilines is 1. The number of hydrogen-bond donors (Lipinski definition) is 1. The second-order valence-corrected chi connectivity index (χ2v) is 4.80. The van der Waals surface area contributed by atoms with Gasteiger partial charge < -0.3 is 5.32 Å². The van der Waals surface area contributed by atoms with E-state index in [4.69, 9.17) is 11.6 Å². The van der Waals surface area contributed by atoms with Crippen LogP contribution < -0.4 is 5.32 Å². The molecule has 6 heteroatoms. The fraction of sp³-hybridized carbons (Fsp3) is 0.143. The number of aryl methyl sites for hydroxylation is 1. The topological polar surface area (TPSA) is 55.2 Å². The molecule has 2 aromatic carbocycles. The Morgan fingerprint density at radius 2 is 2.10 bits per heavy atom. The molecule has 0 saturated carbocycles. The monoisotopic (exact) mass is 294 g/mol. The number of nitro groups is 1. The molecule has 0 spiro atoms. The molecule has 0 aliphatic rings. The fourth-order valence-corrected chi connectivity index (χ4v) is 2.02. The molecule has 0 heterocycles. The van der Waals surface area contributed by atoms with Gasteiger partial charge in [-0.2, -0.15) is 0 Å². The highest BCUT2D eigenvalue weighted by Gasteiger charge is 2.16. The summed E-state index contributed by atoms with van der Waals surface area (Å²) >= 11 is 5.87. The van der Waals surface area contributed by atoms with Gasteiger partial charge in [-0.1, -0.05) is 23.7 Å². The summed E-state index contributed by atoms with van der Waals surface area (Å²) in [6, 6.07) is 9.50. The molecule has 0 aliphatic heterocycles. The number of hydrogen-bond acceptors (Lipinski definition) is 3. The van der Waals surface area contributed by atoms with Crippen molar-refractivity contribution in [2.24, 2.45) is 0 Å². The summed E-state index contributed by atoms with van der Waals surface area (Å²) < 4.78 is 13.4. The zero-order valence-corrected chi connectivity index (χ0v) is 11.4. The van der Waals surface area contributed by atoms with Crippen molar-refractivity contribution in [3.8, 4) is 0 Å². The third kappa shape index (κ3) is 3.24. The van der Waals surface area contributed by atoms with Gasteiger partial charge in [-0.3, -0.25) is 10.1 Å². The first kappa shape index (κ1) is 14.3. The Labute approximate surface area is 120 Å². The molecule has 0 radical (unpaired) electrons. The molecule has 1 N–H and O–H groups in total. The molecular formula is C14H12ClFN2O2. The second kappa shape index (κ2) is 5.88. The normalized spacial score (nSPS) is 10.3. The molecular weight excluding hydrogens is 283 g/mol. The van der Waals surface area contributed by atoms with E-state index in [-0.39, 0.29) is 11.4 Å². The van der Waals surface area contributed by atoms with E-state index in [1.807, 2.05) is 6.07 Å². The van der Waals surface area contributed by atoms with Gasteiger partial charge >= 0.3 is 0 Å². The Hall–Kier alpha value is -2.14. The highest BCUT2D eigenvalue weighted by atomic mass is 35.5. The molecule has 0 amide bonds. The Balaban J connectivity index is 2.24. The van der Waals surface area contributed by atoms with E-state index in [2.05, 4.69) is 5.32 Å². The molecule has 2 rings (SSSR count). The molecule has 0 fully saturated rings. The van der Waals surface area contributed by atoms with Crippen LogP contribution in [-0.2, 0) is 6.54 Å². The van der Waals surface area contributed by atoms with Crippen LogP contribution in [0.15, 0.2) is 36.4 Å². The minimum absolute atomic E-state index is 0.282. The van der Waals surface area contributed by atoms with E-state index in [0.29, 0.717) is 17.1 Å². The van der Waals surface area contributed by atoms with Crippen LogP contribution in [0.1, 0.15) is 11.1 Å². The summed E-state index contributed by atoms with van der Waals surface area (Å²) in [5, 5.41) is 14.5. The lowest BCUT2D eigenvalue weighted by Gasteiger charge is -2.09. The minimum atomic E-state index is -0.608. The maximum atomic E-state index is 13.4. The zero-order valence-electron chi connectivity index (χ0n) is 10.7. The van der Waals surface area contributed by atoms with Gasteiger partial charge in [-0.05, 0) is 36.2 Å². The number of nitrogens with zero attached hydrogens (tertiary/aromatic N) is 1. The molecule has 0 saturated heterocycles. The van der Waals surface area contributed by atoms with E-state index in [9.17, 15) is 14.5 Å². The van der Waals surface area contributed by atoms with Gasteiger partial charge in [-0.25, -0.2) is 4.39 Å². The number of rotatable bonds is 4. The Morgan fingerprint density at radius 1 is 1.35 bits per heavy atom. The molecule has 4 nitrogen and oxygen atoms in total. The lowest BCUT2D eigenvalue weighted by atomic mass is 10.1. The second-order valence-electron chi connectivity index (χ2n) is 4.36. The van der Waals surface area contributed by atoms with Gasteiger partial charge in [0.25, 0.3) is 5.69 Å². The highest BCUT2D eigenvalue weighted by Crippen LogP contribution is 2.28. The van der Waals surface area contributed by atoms with Gasteiger partial charge in [0.05, 0.1) is 11.0 Å². The Morgan fingerprint density at radius 3 is 2.75 bits per heavy atom. The van der Waals surface area contributed by atoms with Crippen LogP contribution in [0.25, 0.3) is 0 Å². The van der Waals surface area contributed by atoms with Crippen LogP contribution >= 0.6 is 11.6 Å². The van der Waals surface area contributed by atoms with Crippen molar-refractivity contribution >= 4 is 23.0 Å². The van der Waals surface area contributed by atoms with Gasteiger partial charge in [-0.15, -0.1) is 0 Å². The van der Waals surface area contributed by atoms with Crippen LogP contribution in [0, 0.1) is 22.9 Å². The number of nitro benzene ring substituents is 1. The van der Waals surface area contributed by atoms with Crippen molar-refractivity contribution in [1.29, 1.82) is 0 Å². The Bertz CT molecular complexity index is 662. The van der Waals surface area contributed by atoms with E-state index in [0.717, 1.165) is 11.6 Å². The van der Waals surface area contributed by atoms with Crippen LogP contribution in [0.2, 0.25) is 5.02 Å². The van der Waals surface area contributed by atoms with Crippen molar-refractivity contribution in [1.82, 2.24) is 0 Å². The van der Waals surface area contributed by atoms with E-state index >= 15 is 0 Å². The summed E-state index contributed by atoms with van der Waals surface area (Å²) in [4.78, 5) is 10.3. The molecule has 0 unspecified atom stereocenters. The predicted octanol–water partition coefficient (Wildman–Crippen LogP) is 4.31. The van der Waals surface area contributed by atoms with Crippen molar-refractivity contribution in [2.45, 2.75) is 13.5 Å². The average Bonchev–Trinajstić information content (AvgIpc) is 2.39. The minimum Gasteiger partial charge on any atom is -0.375 e. The molecule has 0 atom stereocenters. The first-order valence-corrected chi connectivity index (χ1v) is 6.28. The molecule has 104 valence electrons. The van der Waals surface area contributed by atoms with Crippen LogP contribution in [0.3, 0.4) is 0 Å². The summed E-state index contributed by atoms with van der Waals surface area (Å²) in [7, 11) is 0. The summed E-state index contributed by atoms with van der Waals surface area (Å²) in [5.74, 6) is -0.593. The predicted molar refractivity (Wildman–Crippen MR) is 76.6 cm³/mol. The smallest absolute Gasteiger partial charge is 0.295 e. The van der Waals surface area contributed by atoms with Crippen LogP contribution in [-0.4, -0.2) is 4.92 Å². The van der Waals surface area contributed by atoms with Crippen LogP contribution in [0.4, 0.5) is 15.8 Å². The lowest BCUT2D eigenvalue weighted by Crippen LogP contribution is -2.04. The average molecular weight is 295 g/mol. The molecule has 0 aliphatic carbocycles. The van der Waals surface area contributed by atoms with Gasteiger partial charge in [0.15, 0.2) is 0 Å². The van der Waals surface area contributed by atoms with Crippen molar-refractivity contribution in [3.05, 3.63) is 68.5 Å². The summed E-state index contributed by atoms with van der Waals surface area (Å²) in [6.45, 7) is 1.93. The van der Waals surface area contributed by atoms with E-state index in [1.54, 1.807) is 25.1 Å². The highest BCUT2D eigenvalue weighted by molar-refractivity contribution is 6.30. The van der Waals surface area contributed by atoms with Crippen molar-refractivity contribution in [2.75, 3.05) is 5.32 Å². The van der Waals surface area contributed by atoms with E-state index < -0.39 is 10.7 Å². The molecule has 0 bridgehead atoms. The lowest BCUT2D eigenvalue weighted by molar-refractivity contribution is -0.384.